The minimum atomic E-state index is -0.892. The highest BCUT2D eigenvalue weighted by Crippen LogP contribution is 2.06. The summed E-state index contributed by atoms with van der Waals surface area (Å²) in [5.74, 6) is 0. The molecule has 3 heteroatoms. The second-order valence-corrected chi connectivity index (χ2v) is 2.95. The number of rotatable bonds is 3. The molecule has 70 valence electrons. The average Bonchev–Trinajstić information content (AvgIpc) is 2.22. The lowest BCUT2D eigenvalue weighted by Crippen LogP contribution is -1.91. The Balaban J connectivity index is 2.74. The van der Waals surface area contributed by atoms with Crippen LogP contribution in [0, 0.1) is 23.2 Å². The molecule has 0 N–H and O–H groups in total. The van der Waals surface area contributed by atoms with Crippen molar-refractivity contribution in [1.29, 1.82) is 5.26 Å². The summed E-state index contributed by atoms with van der Waals surface area (Å²) in [5, 5.41) is 11.1. The smallest absolute Gasteiger partial charge is 0.195 e. The van der Waals surface area contributed by atoms with E-state index in [0.717, 1.165) is 5.56 Å². The maximum absolute atomic E-state index is 10.1. The van der Waals surface area contributed by atoms with Crippen molar-refractivity contribution in [3.8, 4) is 6.07 Å². The van der Waals surface area contributed by atoms with E-state index in [2.05, 4.69) is 5.18 Å². The molecule has 0 heterocycles. The zero-order valence-corrected chi connectivity index (χ0v) is 7.84. The molecule has 0 saturated carbocycles. The van der Waals surface area contributed by atoms with Gasteiger partial charge in [0.15, 0.2) is 6.04 Å². The molecule has 14 heavy (non-hydrogen) atoms. The Hall–Kier alpha value is -1.95. The van der Waals surface area contributed by atoms with E-state index < -0.39 is 6.04 Å². The lowest BCUT2D eigenvalue weighted by molar-refractivity contribution is 1.03. The number of nitrogens with zero attached hydrogens (tertiary/aromatic N) is 2. The molecule has 0 aliphatic rings. The predicted octanol–water partition coefficient (Wildman–Crippen LogP) is 2.67. The Kier molecular flexibility index (Phi) is 3.57. The quantitative estimate of drug-likeness (QED) is 0.681. The summed E-state index contributed by atoms with van der Waals surface area (Å²) in [6, 6.07) is 8.65. The van der Waals surface area contributed by atoms with Crippen LogP contribution in [-0.4, -0.2) is 6.04 Å². The first-order chi connectivity index (χ1) is 6.76. The number of nitriles is 1. The second-order valence-electron chi connectivity index (χ2n) is 2.95. The number of benzene rings is 1. The van der Waals surface area contributed by atoms with Gasteiger partial charge in [0.05, 0.1) is 6.07 Å². The largest absolute Gasteiger partial charge is 0.196 e. The van der Waals surface area contributed by atoms with Crippen molar-refractivity contribution in [1.82, 2.24) is 0 Å². The molecular weight excluding hydrogens is 176 g/mol. The molecule has 1 unspecified atom stereocenters. The van der Waals surface area contributed by atoms with E-state index in [1.807, 2.05) is 31.2 Å². The van der Waals surface area contributed by atoms with E-state index >= 15 is 0 Å². The van der Waals surface area contributed by atoms with Crippen molar-refractivity contribution in [3.63, 3.8) is 0 Å². The monoisotopic (exact) mass is 186 g/mol. The van der Waals surface area contributed by atoms with Crippen LogP contribution in [0.25, 0.3) is 6.08 Å². The van der Waals surface area contributed by atoms with E-state index in [9.17, 15) is 4.91 Å². The molecule has 0 radical (unpaired) electrons. The number of hydrogen-bond donors (Lipinski definition) is 0. The van der Waals surface area contributed by atoms with Gasteiger partial charge in [0.25, 0.3) is 0 Å². The summed E-state index contributed by atoms with van der Waals surface area (Å²) in [6.45, 7) is 2.00. The number of hydrogen-bond acceptors (Lipinski definition) is 3. The lowest BCUT2D eigenvalue weighted by Gasteiger charge is -1.94. The summed E-state index contributed by atoms with van der Waals surface area (Å²) in [5.41, 5.74) is 2.13. The van der Waals surface area contributed by atoms with Crippen molar-refractivity contribution in [2.24, 2.45) is 5.18 Å². The zero-order chi connectivity index (χ0) is 10.4. The summed E-state index contributed by atoms with van der Waals surface area (Å²) in [7, 11) is 0. The normalized spacial score (nSPS) is 12.3. The van der Waals surface area contributed by atoms with Crippen LogP contribution in [0.3, 0.4) is 0 Å². The molecule has 0 spiro atoms. The molecule has 0 saturated heterocycles. The fraction of sp³-hybridized carbons (Fsp3) is 0.182. The van der Waals surface area contributed by atoms with Crippen LogP contribution in [0.1, 0.15) is 11.1 Å². The lowest BCUT2D eigenvalue weighted by atomic mass is 10.1. The maximum Gasteiger partial charge on any atom is 0.196 e. The minimum Gasteiger partial charge on any atom is -0.195 e. The van der Waals surface area contributed by atoms with Crippen LogP contribution in [-0.2, 0) is 0 Å². The fourth-order valence-electron chi connectivity index (χ4n) is 0.982. The van der Waals surface area contributed by atoms with E-state index in [-0.39, 0.29) is 0 Å². The minimum absolute atomic E-state index is 0.892. The highest BCUT2D eigenvalue weighted by atomic mass is 16.3. The van der Waals surface area contributed by atoms with Crippen molar-refractivity contribution in [2.75, 3.05) is 0 Å². The second kappa shape index (κ2) is 4.93. The molecule has 1 aromatic carbocycles. The molecule has 0 bridgehead atoms. The summed E-state index contributed by atoms with van der Waals surface area (Å²) >= 11 is 0. The molecule has 1 aromatic rings. The molecule has 0 amide bonds. The first-order valence-corrected chi connectivity index (χ1v) is 4.23. The van der Waals surface area contributed by atoms with E-state index in [4.69, 9.17) is 5.26 Å². The third-order valence-corrected chi connectivity index (χ3v) is 1.79. The maximum atomic E-state index is 10.1. The Morgan fingerprint density at radius 1 is 1.43 bits per heavy atom. The van der Waals surface area contributed by atoms with Crippen molar-refractivity contribution >= 4 is 6.08 Å². The summed E-state index contributed by atoms with van der Waals surface area (Å²) in [6.07, 6.45) is 3.20. The van der Waals surface area contributed by atoms with Gasteiger partial charge in [0.2, 0.25) is 0 Å². The summed E-state index contributed by atoms with van der Waals surface area (Å²) in [4.78, 5) is 10.1. The molecule has 0 aromatic heterocycles. The van der Waals surface area contributed by atoms with E-state index in [1.54, 1.807) is 12.1 Å². The standard InChI is InChI=1S/C11H10N2O/c1-9-2-4-10(5-3-9)6-7-11(8-12)13-14/h2-7,11H,1H3. The summed E-state index contributed by atoms with van der Waals surface area (Å²) < 4.78 is 0. The Labute approximate surface area is 82.7 Å². The molecule has 1 atom stereocenters. The van der Waals surface area contributed by atoms with Crippen LogP contribution in [0.4, 0.5) is 0 Å². The topological polar surface area (TPSA) is 53.2 Å². The number of aryl methyl sites for hydroxylation is 1. The first-order valence-electron chi connectivity index (χ1n) is 4.23. The van der Waals surface area contributed by atoms with Gasteiger partial charge in [0.1, 0.15) is 0 Å². The highest BCUT2D eigenvalue weighted by molar-refractivity contribution is 5.51. The Bertz CT molecular complexity index is 373. The predicted molar refractivity (Wildman–Crippen MR) is 55.4 cm³/mol. The first kappa shape index (κ1) is 10.1. The van der Waals surface area contributed by atoms with Gasteiger partial charge in [-0.2, -0.15) is 5.26 Å². The average molecular weight is 186 g/mol. The molecular formula is C11H10N2O. The van der Waals surface area contributed by atoms with Crippen LogP contribution < -0.4 is 0 Å². The van der Waals surface area contributed by atoms with Gasteiger partial charge in [-0.25, -0.2) is 0 Å². The van der Waals surface area contributed by atoms with Crippen molar-refractivity contribution < 1.29 is 0 Å². The fourth-order valence-corrected chi connectivity index (χ4v) is 0.982. The molecule has 0 aliphatic heterocycles. The van der Waals surface area contributed by atoms with Gasteiger partial charge >= 0.3 is 0 Å². The van der Waals surface area contributed by atoms with Gasteiger partial charge in [-0.3, -0.25) is 0 Å². The van der Waals surface area contributed by atoms with Crippen molar-refractivity contribution in [3.05, 3.63) is 46.4 Å². The van der Waals surface area contributed by atoms with Crippen LogP contribution in [0.15, 0.2) is 35.5 Å². The van der Waals surface area contributed by atoms with Crippen LogP contribution in [0.5, 0.6) is 0 Å². The third kappa shape index (κ3) is 2.83. The molecule has 3 nitrogen and oxygen atoms in total. The van der Waals surface area contributed by atoms with Gasteiger partial charge in [-0.05, 0) is 23.7 Å². The Morgan fingerprint density at radius 3 is 2.57 bits per heavy atom. The van der Waals surface area contributed by atoms with Gasteiger partial charge in [-0.1, -0.05) is 35.9 Å². The zero-order valence-electron chi connectivity index (χ0n) is 7.84. The van der Waals surface area contributed by atoms with Crippen molar-refractivity contribution in [2.45, 2.75) is 13.0 Å². The Morgan fingerprint density at radius 2 is 2.07 bits per heavy atom. The van der Waals surface area contributed by atoms with Crippen LogP contribution >= 0.6 is 0 Å². The molecule has 0 aliphatic carbocycles. The molecule has 0 fully saturated rings. The number of nitroso groups, excluding NO2 is 1. The van der Waals surface area contributed by atoms with Gasteiger partial charge < -0.3 is 0 Å². The SMILES string of the molecule is Cc1ccc(C=CC(C#N)N=O)cc1. The van der Waals surface area contributed by atoms with Gasteiger partial charge in [-0.15, -0.1) is 4.91 Å². The highest BCUT2D eigenvalue weighted by Gasteiger charge is 1.98. The van der Waals surface area contributed by atoms with E-state index in [0.29, 0.717) is 0 Å². The molecule has 1 rings (SSSR count). The van der Waals surface area contributed by atoms with E-state index in [1.165, 1.54) is 11.6 Å². The van der Waals surface area contributed by atoms with Crippen LogP contribution in [0.2, 0.25) is 0 Å². The van der Waals surface area contributed by atoms with Gasteiger partial charge in [0, 0.05) is 0 Å². The third-order valence-electron chi connectivity index (χ3n) is 1.79.